The van der Waals surface area contributed by atoms with Crippen molar-refractivity contribution < 1.29 is 5.11 Å². The molecule has 4 heteroatoms. The van der Waals surface area contributed by atoms with E-state index in [1.54, 1.807) is 0 Å². The van der Waals surface area contributed by atoms with Crippen LogP contribution in [0.25, 0.3) is 0 Å². The second-order valence-electron chi connectivity index (χ2n) is 4.19. The van der Waals surface area contributed by atoms with Gasteiger partial charge in [-0.25, -0.2) is 0 Å². The van der Waals surface area contributed by atoms with Gasteiger partial charge in [-0.05, 0) is 26.3 Å². The molecule has 16 heavy (non-hydrogen) atoms. The fraction of sp³-hybridized carbons (Fsp3) is 0.750. The largest absolute Gasteiger partial charge is 0.396 e. The highest BCUT2D eigenvalue weighted by Gasteiger charge is 2.01. The number of aromatic nitrogens is 2. The molecule has 0 aliphatic rings. The number of aryl methyl sites for hydroxylation is 1. The molecule has 2 N–H and O–H groups in total. The van der Waals surface area contributed by atoms with Gasteiger partial charge in [0, 0.05) is 31.5 Å². The van der Waals surface area contributed by atoms with Crippen LogP contribution < -0.4 is 5.32 Å². The van der Waals surface area contributed by atoms with Crippen LogP contribution in [0.2, 0.25) is 0 Å². The Hall–Kier alpha value is -0.870. The van der Waals surface area contributed by atoms with E-state index in [-0.39, 0.29) is 0 Å². The molecule has 1 rings (SSSR count). The standard InChI is InChI=1S/C12H23N3O/c1-11-12(10-14-15(11)2)9-13-7-5-3-4-6-8-16/h10,13,16H,3-9H2,1-2H3. The van der Waals surface area contributed by atoms with E-state index in [0.717, 1.165) is 25.9 Å². The predicted octanol–water partition coefficient (Wildman–Crippen LogP) is 1.37. The van der Waals surface area contributed by atoms with Crippen molar-refractivity contribution in [3.63, 3.8) is 0 Å². The van der Waals surface area contributed by atoms with Crippen LogP contribution in [-0.4, -0.2) is 28.0 Å². The van der Waals surface area contributed by atoms with Crippen LogP contribution >= 0.6 is 0 Å². The average molecular weight is 225 g/mol. The molecule has 0 bridgehead atoms. The van der Waals surface area contributed by atoms with E-state index in [2.05, 4.69) is 17.3 Å². The summed E-state index contributed by atoms with van der Waals surface area (Å²) >= 11 is 0. The van der Waals surface area contributed by atoms with Gasteiger partial charge >= 0.3 is 0 Å². The summed E-state index contributed by atoms with van der Waals surface area (Å²) in [7, 11) is 1.97. The lowest BCUT2D eigenvalue weighted by molar-refractivity contribution is 0.282. The maximum atomic E-state index is 8.63. The third-order valence-electron chi connectivity index (χ3n) is 2.91. The van der Waals surface area contributed by atoms with Crippen LogP contribution in [0.4, 0.5) is 0 Å². The van der Waals surface area contributed by atoms with Gasteiger partial charge in [0.1, 0.15) is 0 Å². The Morgan fingerprint density at radius 1 is 1.31 bits per heavy atom. The van der Waals surface area contributed by atoms with Gasteiger partial charge < -0.3 is 10.4 Å². The first-order valence-corrected chi connectivity index (χ1v) is 6.04. The van der Waals surface area contributed by atoms with E-state index in [1.165, 1.54) is 24.1 Å². The zero-order valence-electron chi connectivity index (χ0n) is 10.4. The third kappa shape index (κ3) is 4.33. The van der Waals surface area contributed by atoms with Gasteiger partial charge in [-0.3, -0.25) is 4.68 Å². The lowest BCUT2D eigenvalue weighted by Crippen LogP contribution is -2.15. The number of hydrogen-bond donors (Lipinski definition) is 2. The Kier molecular flexibility index (Phi) is 6.11. The normalized spacial score (nSPS) is 10.9. The van der Waals surface area contributed by atoms with Gasteiger partial charge in [0.05, 0.1) is 6.20 Å². The molecule has 1 heterocycles. The average Bonchev–Trinajstić information content (AvgIpc) is 2.59. The first kappa shape index (κ1) is 13.2. The number of hydrogen-bond acceptors (Lipinski definition) is 3. The quantitative estimate of drug-likeness (QED) is 0.657. The lowest BCUT2D eigenvalue weighted by atomic mass is 10.2. The fourth-order valence-corrected chi connectivity index (χ4v) is 1.66. The van der Waals surface area contributed by atoms with E-state index in [1.807, 2.05) is 17.9 Å². The van der Waals surface area contributed by atoms with E-state index in [4.69, 9.17) is 5.11 Å². The Morgan fingerprint density at radius 2 is 2.06 bits per heavy atom. The summed E-state index contributed by atoms with van der Waals surface area (Å²) in [6.07, 6.45) is 6.36. The molecular weight excluding hydrogens is 202 g/mol. The molecule has 0 unspecified atom stereocenters. The van der Waals surface area contributed by atoms with E-state index in [0.29, 0.717) is 6.61 Å². The lowest BCUT2D eigenvalue weighted by Gasteiger charge is -2.04. The van der Waals surface area contributed by atoms with E-state index in [9.17, 15) is 0 Å². The number of aliphatic hydroxyl groups excluding tert-OH is 1. The molecule has 0 aromatic carbocycles. The molecule has 0 amide bonds. The minimum Gasteiger partial charge on any atom is -0.396 e. The monoisotopic (exact) mass is 225 g/mol. The third-order valence-corrected chi connectivity index (χ3v) is 2.91. The van der Waals surface area contributed by atoms with Gasteiger partial charge in [0.25, 0.3) is 0 Å². The molecule has 4 nitrogen and oxygen atoms in total. The van der Waals surface area contributed by atoms with Crippen molar-refractivity contribution in [2.75, 3.05) is 13.2 Å². The highest BCUT2D eigenvalue weighted by molar-refractivity contribution is 5.15. The number of rotatable bonds is 8. The van der Waals surface area contributed by atoms with Gasteiger partial charge in [0.15, 0.2) is 0 Å². The molecule has 0 spiro atoms. The number of nitrogens with zero attached hydrogens (tertiary/aromatic N) is 2. The summed E-state index contributed by atoms with van der Waals surface area (Å²) in [6.45, 7) is 4.35. The minimum atomic E-state index is 0.322. The molecular formula is C12H23N3O. The van der Waals surface area contributed by atoms with Crippen LogP contribution in [0.3, 0.4) is 0 Å². The van der Waals surface area contributed by atoms with Crippen molar-refractivity contribution in [1.82, 2.24) is 15.1 Å². The molecule has 0 aliphatic heterocycles. The second-order valence-corrected chi connectivity index (χ2v) is 4.19. The molecule has 92 valence electrons. The molecule has 0 fully saturated rings. The van der Waals surface area contributed by atoms with E-state index >= 15 is 0 Å². The molecule has 0 radical (unpaired) electrons. The molecule has 0 aliphatic carbocycles. The van der Waals surface area contributed by atoms with Gasteiger partial charge in [-0.1, -0.05) is 12.8 Å². The minimum absolute atomic E-state index is 0.322. The van der Waals surface area contributed by atoms with Gasteiger partial charge in [-0.2, -0.15) is 5.10 Å². The van der Waals surface area contributed by atoms with Crippen molar-refractivity contribution >= 4 is 0 Å². The van der Waals surface area contributed by atoms with Gasteiger partial charge in [-0.15, -0.1) is 0 Å². The van der Waals surface area contributed by atoms with Gasteiger partial charge in [0.2, 0.25) is 0 Å². The van der Waals surface area contributed by atoms with Crippen molar-refractivity contribution in [2.45, 2.75) is 39.2 Å². The zero-order chi connectivity index (χ0) is 11.8. The number of nitrogens with one attached hydrogen (secondary N) is 1. The Bertz CT molecular complexity index is 296. The van der Waals surface area contributed by atoms with Crippen molar-refractivity contribution in [3.05, 3.63) is 17.5 Å². The summed E-state index contributed by atoms with van der Waals surface area (Å²) in [5.41, 5.74) is 2.51. The molecule has 1 aromatic heterocycles. The summed E-state index contributed by atoms with van der Waals surface area (Å²) in [6, 6.07) is 0. The summed E-state index contributed by atoms with van der Waals surface area (Å²) in [5.74, 6) is 0. The maximum Gasteiger partial charge on any atom is 0.0537 e. The molecule has 1 aromatic rings. The molecule has 0 atom stereocenters. The van der Waals surface area contributed by atoms with Crippen molar-refractivity contribution in [1.29, 1.82) is 0 Å². The Balaban J connectivity index is 2.05. The molecule has 0 saturated carbocycles. The second kappa shape index (κ2) is 7.41. The van der Waals surface area contributed by atoms with Crippen LogP contribution in [0.5, 0.6) is 0 Å². The predicted molar refractivity (Wildman–Crippen MR) is 65.2 cm³/mol. The van der Waals surface area contributed by atoms with Crippen LogP contribution in [0.15, 0.2) is 6.20 Å². The van der Waals surface area contributed by atoms with Crippen LogP contribution in [-0.2, 0) is 13.6 Å². The smallest absolute Gasteiger partial charge is 0.0537 e. The van der Waals surface area contributed by atoms with Crippen LogP contribution in [0.1, 0.15) is 36.9 Å². The van der Waals surface area contributed by atoms with Crippen molar-refractivity contribution in [3.8, 4) is 0 Å². The summed E-state index contributed by atoms with van der Waals surface area (Å²) in [4.78, 5) is 0. The first-order valence-electron chi connectivity index (χ1n) is 6.04. The fourth-order valence-electron chi connectivity index (χ4n) is 1.66. The number of unbranched alkanes of at least 4 members (excludes halogenated alkanes) is 3. The Morgan fingerprint density at radius 3 is 2.69 bits per heavy atom. The number of aliphatic hydroxyl groups is 1. The SMILES string of the molecule is Cc1c(CNCCCCCCO)cnn1C. The molecule has 0 saturated heterocycles. The van der Waals surface area contributed by atoms with Crippen molar-refractivity contribution in [2.24, 2.45) is 7.05 Å². The topological polar surface area (TPSA) is 50.1 Å². The summed E-state index contributed by atoms with van der Waals surface area (Å²) in [5, 5.41) is 16.2. The maximum absolute atomic E-state index is 8.63. The Labute approximate surface area is 97.7 Å². The zero-order valence-corrected chi connectivity index (χ0v) is 10.4. The highest BCUT2D eigenvalue weighted by Crippen LogP contribution is 2.05. The highest BCUT2D eigenvalue weighted by atomic mass is 16.2. The first-order chi connectivity index (χ1) is 7.75. The van der Waals surface area contributed by atoms with Crippen LogP contribution in [0, 0.1) is 6.92 Å². The van der Waals surface area contributed by atoms with E-state index < -0.39 is 0 Å². The summed E-state index contributed by atoms with van der Waals surface area (Å²) < 4.78 is 1.90.